The van der Waals surface area contributed by atoms with Crippen LogP contribution in [0.15, 0.2) is 18.2 Å². The van der Waals surface area contributed by atoms with E-state index in [1.165, 1.54) is 33.5 Å². The van der Waals surface area contributed by atoms with E-state index in [1.54, 1.807) is 18.2 Å². The average Bonchev–Trinajstić information content (AvgIpc) is 2.55. The zero-order valence-electron chi connectivity index (χ0n) is 12.9. The number of benzene rings is 1. The summed E-state index contributed by atoms with van der Waals surface area (Å²) >= 11 is 12.1. The molecule has 22 heavy (non-hydrogen) atoms. The fourth-order valence-corrected chi connectivity index (χ4v) is 4.63. The Kier molecular flexibility index (Phi) is 6.75. The standard InChI is InChI=1S/C15H22Cl2NO3P/c1-20-22(19,21-2)15(18-12-6-4-3-5-7-12)11-8-9-13(16)14(17)10-11/h8-10,12,15,18H,3-7H2,1-2H3. The van der Waals surface area contributed by atoms with Crippen molar-refractivity contribution in [3.8, 4) is 0 Å². The topological polar surface area (TPSA) is 47.6 Å². The third-order valence-electron chi connectivity index (χ3n) is 4.08. The molecule has 0 aliphatic heterocycles. The van der Waals surface area contributed by atoms with Crippen LogP contribution in [-0.2, 0) is 13.6 Å². The van der Waals surface area contributed by atoms with Gasteiger partial charge in [-0.2, -0.15) is 0 Å². The van der Waals surface area contributed by atoms with Crippen LogP contribution in [0.1, 0.15) is 43.5 Å². The molecule has 0 amide bonds. The average molecular weight is 366 g/mol. The molecule has 0 saturated heterocycles. The maximum Gasteiger partial charge on any atom is 0.351 e. The first-order valence-corrected chi connectivity index (χ1v) is 9.79. The second kappa shape index (κ2) is 8.14. The molecule has 0 radical (unpaired) electrons. The molecule has 124 valence electrons. The van der Waals surface area contributed by atoms with Crippen LogP contribution in [0.25, 0.3) is 0 Å². The molecule has 0 spiro atoms. The van der Waals surface area contributed by atoms with Crippen molar-refractivity contribution < 1.29 is 13.6 Å². The highest BCUT2D eigenvalue weighted by molar-refractivity contribution is 7.54. The van der Waals surface area contributed by atoms with Crippen molar-refractivity contribution in [2.75, 3.05) is 14.2 Å². The largest absolute Gasteiger partial charge is 0.351 e. The van der Waals surface area contributed by atoms with Gasteiger partial charge in [0.25, 0.3) is 0 Å². The Labute approximate surface area is 142 Å². The van der Waals surface area contributed by atoms with Crippen LogP contribution in [0.3, 0.4) is 0 Å². The molecular formula is C15H22Cl2NO3P. The van der Waals surface area contributed by atoms with Crippen molar-refractivity contribution in [2.45, 2.75) is 43.9 Å². The summed E-state index contributed by atoms with van der Waals surface area (Å²) in [5.74, 6) is -0.555. The lowest BCUT2D eigenvalue weighted by Crippen LogP contribution is -2.35. The lowest BCUT2D eigenvalue weighted by atomic mass is 9.95. The van der Waals surface area contributed by atoms with Crippen LogP contribution in [0, 0.1) is 0 Å². The van der Waals surface area contributed by atoms with E-state index in [0.717, 1.165) is 18.4 Å². The van der Waals surface area contributed by atoms with Gasteiger partial charge in [-0.3, -0.25) is 9.88 Å². The van der Waals surface area contributed by atoms with Gasteiger partial charge >= 0.3 is 7.60 Å². The van der Waals surface area contributed by atoms with Crippen molar-refractivity contribution in [3.05, 3.63) is 33.8 Å². The normalized spacial score (nSPS) is 18.4. The minimum atomic E-state index is -3.33. The summed E-state index contributed by atoms with van der Waals surface area (Å²) in [5.41, 5.74) is 0.756. The van der Waals surface area contributed by atoms with Crippen molar-refractivity contribution in [1.29, 1.82) is 0 Å². The second-order valence-electron chi connectivity index (χ2n) is 5.48. The summed E-state index contributed by atoms with van der Waals surface area (Å²) in [7, 11) is -0.527. The summed E-state index contributed by atoms with van der Waals surface area (Å²) in [6.07, 6.45) is 5.73. The lowest BCUT2D eigenvalue weighted by molar-refractivity contribution is 0.249. The smallest absolute Gasteiger partial charge is 0.311 e. The van der Waals surface area contributed by atoms with Crippen molar-refractivity contribution in [2.24, 2.45) is 0 Å². The molecule has 2 rings (SSSR count). The molecule has 4 nitrogen and oxygen atoms in total. The Morgan fingerprint density at radius 3 is 2.32 bits per heavy atom. The number of hydrogen-bond acceptors (Lipinski definition) is 4. The van der Waals surface area contributed by atoms with Crippen LogP contribution in [-0.4, -0.2) is 20.3 Å². The maximum absolute atomic E-state index is 12.9. The van der Waals surface area contributed by atoms with Crippen LogP contribution >= 0.6 is 30.8 Å². The molecule has 0 aromatic heterocycles. The lowest BCUT2D eigenvalue weighted by Gasteiger charge is -2.31. The first kappa shape index (κ1) is 18.3. The maximum atomic E-state index is 12.9. The zero-order valence-corrected chi connectivity index (χ0v) is 15.3. The first-order valence-electron chi connectivity index (χ1n) is 7.42. The van der Waals surface area contributed by atoms with Crippen LogP contribution in [0.2, 0.25) is 10.0 Å². The zero-order chi connectivity index (χ0) is 16.2. The summed E-state index contributed by atoms with van der Waals surface area (Å²) in [6, 6.07) is 5.52. The van der Waals surface area contributed by atoms with E-state index in [0.29, 0.717) is 16.1 Å². The van der Waals surface area contributed by atoms with E-state index in [2.05, 4.69) is 5.32 Å². The van der Waals surface area contributed by atoms with E-state index in [-0.39, 0.29) is 0 Å². The molecule has 1 unspecified atom stereocenters. The molecule has 1 atom stereocenters. The molecule has 1 fully saturated rings. The summed E-state index contributed by atoms with van der Waals surface area (Å²) in [4.78, 5) is 0. The van der Waals surface area contributed by atoms with E-state index in [4.69, 9.17) is 32.2 Å². The monoisotopic (exact) mass is 365 g/mol. The van der Waals surface area contributed by atoms with Gasteiger partial charge in [0, 0.05) is 20.3 Å². The Morgan fingerprint density at radius 2 is 1.77 bits per heavy atom. The number of halogens is 2. The third-order valence-corrected chi connectivity index (χ3v) is 6.92. The van der Waals surface area contributed by atoms with Crippen molar-refractivity contribution >= 4 is 30.8 Å². The fourth-order valence-electron chi connectivity index (χ4n) is 2.83. The molecule has 1 aliphatic carbocycles. The van der Waals surface area contributed by atoms with Gasteiger partial charge < -0.3 is 9.05 Å². The number of rotatable bonds is 6. The quantitative estimate of drug-likeness (QED) is 0.685. The molecule has 0 bridgehead atoms. The van der Waals surface area contributed by atoms with Gasteiger partial charge in [0.2, 0.25) is 0 Å². The molecule has 0 heterocycles. The third kappa shape index (κ3) is 4.25. The van der Waals surface area contributed by atoms with E-state index in [1.807, 2.05) is 0 Å². The Hall–Kier alpha value is -0.0900. The highest BCUT2D eigenvalue weighted by Gasteiger charge is 2.37. The number of hydrogen-bond donors (Lipinski definition) is 1. The highest BCUT2D eigenvalue weighted by atomic mass is 35.5. The van der Waals surface area contributed by atoms with Gasteiger partial charge in [0.15, 0.2) is 0 Å². The van der Waals surface area contributed by atoms with Gasteiger partial charge in [-0.05, 0) is 30.5 Å². The Morgan fingerprint density at radius 1 is 1.14 bits per heavy atom. The SMILES string of the molecule is COP(=O)(OC)C(NC1CCCCC1)c1ccc(Cl)c(Cl)c1. The van der Waals surface area contributed by atoms with Gasteiger partial charge in [0.1, 0.15) is 5.78 Å². The molecule has 1 aromatic carbocycles. The summed E-state index contributed by atoms with van der Waals surface area (Å²) < 4.78 is 23.4. The summed E-state index contributed by atoms with van der Waals surface area (Å²) in [6.45, 7) is 0. The van der Waals surface area contributed by atoms with E-state index in [9.17, 15) is 4.57 Å². The van der Waals surface area contributed by atoms with Gasteiger partial charge in [-0.1, -0.05) is 48.5 Å². The molecular weight excluding hydrogens is 344 g/mol. The van der Waals surface area contributed by atoms with Crippen molar-refractivity contribution in [3.63, 3.8) is 0 Å². The molecule has 7 heteroatoms. The van der Waals surface area contributed by atoms with Crippen LogP contribution in [0.4, 0.5) is 0 Å². The minimum absolute atomic E-state index is 0.298. The van der Waals surface area contributed by atoms with Crippen LogP contribution in [0.5, 0.6) is 0 Å². The van der Waals surface area contributed by atoms with Crippen molar-refractivity contribution in [1.82, 2.24) is 5.32 Å². The molecule has 1 aliphatic rings. The predicted molar refractivity (Wildman–Crippen MR) is 90.8 cm³/mol. The number of nitrogens with one attached hydrogen (secondary N) is 1. The van der Waals surface area contributed by atoms with Gasteiger partial charge in [-0.25, -0.2) is 0 Å². The molecule has 1 N–H and O–H groups in total. The Bertz CT molecular complexity index is 542. The minimum Gasteiger partial charge on any atom is -0.311 e. The Balaban J connectivity index is 2.31. The summed E-state index contributed by atoms with van der Waals surface area (Å²) in [5, 5.41) is 4.34. The van der Waals surface area contributed by atoms with E-state index < -0.39 is 13.4 Å². The predicted octanol–water partition coefficient (Wildman–Crippen LogP) is 5.40. The van der Waals surface area contributed by atoms with Gasteiger partial charge in [0.05, 0.1) is 10.0 Å². The first-order chi connectivity index (χ1) is 10.5. The van der Waals surface area contributed by atoms with E-state index >= 15 is 0 Å². The highest BCUT2D eigenvalue weighted by Crippen LogP contribution is 2.59. The molecule has 1 saturated carbocycles. The second-order valence-corrected chi connectivity index (χ2v) is 8.62. The van der Waals surface area contributed by atoms with Crippen LogP contribution < -0.4 is 5.32 Å². The fraction of sp³-hybridized carbons (Fsp3) is 0.600. The van der Waals surface area contributed by atoms with Gasteiger partial charge in [-0.15, -0.1) is 0 Å². The molecule has 1 aromatic rings.